The second-order valence-electron chi connectivity index (χ2n) is 7.05. The van der Waals surface area contributed by atoms with E-state index in [4.69, 9.17) is 0 Å². The molecule has 0 aromatic heterocycles. The van der Waals surface area contributed by atoms with Gasteiger partial charge in [0.1, 0.15) is 13.1 Å². The zero-order valence-electron chi connectivity index (χ0n) is 16.3. The van der Waals surface area contributed by atoms with Gasteiger partial charge >= 0.3 is 0 Å². The lowest BCUT2D eigenvalue weighted by Gasteiger charge is -2.26. The first-order valence-electron chi connectivity index (χ1n) is 8.97. The maximum absolute atomic E-state index is 12.7. The molecule has 2 aromatic rings. The van der Waals surface area contributed by atoms with E-state index < -0.39 is 0 Å². The standard InChI is InChI=1S/C22H29N2O.BrH/c1-5-23(6-2)15-9-10-16-24(3,4)18-22(25)21-14-13-19-11-7-8-12-20(19)17-21;/h7-8,11-14,17H,5-6,15-16,18H2,1-4H3;1H/q+1;/p-1. The van der Waals surface area contributed by atoms with Crippen molar-refractivity contribution in [1.29, 1.82) is 0 Å². The fraction of sp³-hybridized carbons (Fsp3) is 0.409. The van der Waals surface area contributed by atoms with Gasteiger partial charge in [-0.2, -0.15) is 0 Å². The summed E-state index contributed by atoms with van der Waals surface area (Å²) in [6.45, 7) is 8.26. The molecular weight excluding hydrogens is 388 g/mol. The van der Waals surface area contributed by atoms with Crippen molar-refractivity contribution in [3.05, 3.63) is 48.0 Å². The Hall–Kier alpha value is -1.67. The predicted octanol–water partition coefficient (Wildman–Crippen LogP) is 0.448. The number of fused-ring (bicyclic) bond motifs is 1. The van der Waals surface area contributed by atoms with E-state index in [9.17, 15) is 4.79 Å². The number of quaternary nitrogens is 1. The van der Waals surface area contributed by atoms with Crippen LogP contribution in [-0.2, 0) is 0 Å². The molecule has 0 bridgehead atoms. The zero-order chi connectivity index (χ0) is 18.3. The van der Waals surface area contributed by atoms with Crippen molar-refractivity contribution in [3.8, 4) is 11.8 Å². The smallest absolute Gasteiger partial charge is 0.216 e. The first-order chi connectivity index (χ1) is 11.9. The highest BCUT2D eigenvalue weighted by atomic mass is 79.9. The molecule has 0 unspecified atom stereocenters. The van der Waals surface area contributed by atoms with E-state index in [0.29, 0.717) is 17.6 Å². The molecule has 26 heavy (non-hydrogen) atoms. The van der Waals surface area contributed by atoms with Crippen LogP contribution in [0.5, 0.6) is 0 Å². The third-order valence-electron chi connectivity index (χ3n) is 4.47. The SMILES string of the molecule is CCN(CC)CC#CC[N+](C)(C)CC(=O)c1ccc2ccccc2c1.[Br-]. The van der Waals surface area contributed by atoms with E-state index in [1.54, 1.807) is 0 Å². The van der Waals surface area contributed by atoms with Gasteiger partial charge in [0.25, 0.3) is 0 Å². The summed E-state index contributed by atoms with van der Waals surface area (Å²) in [5.74, 6) is 6.64. The number of Topliss-reactive ketones (excluding diaryl/α,β-unsaturated/α-hetero) is 1. The van der Waals surface area contributed by atoms with Gasteiger partial charge in [0.15, 0.2) is 0 Å². The van der Waals surface area contributed by atoms with Crippen LogP contribution in [-0.4, -0.2) is 62.0 Å². The third-order valence-corrected chi connectivity index (χ3v) is 4.47. The molecule has 0 amide bonds. The minimum atomic E-state index is 0. The summed E-state index contributed by atoms with van der Waals surface area (Å²) in [7, 11) is 4.12. The van der Waals surface area contributed by atoms with Crippen molar-refractivity contribution < 1.29 is 26.3 Å². The van der Waals surface area contributed by atoms with E-state index in [-0.39, 0.29) is 22.8 Å². The monoisotopic (exact) mass is 416 g/mol. The summed E-state index contributed by atoms with van der Waals surface area (Å²) in [4.78, 5) is 15.0. The molecule has 0 saturated carbocycles. The van der Waals surface area contributed by atoms with Crippen molar-refractivity contribution in [1.82, 2.24) is 4.90 Å². The van der Waals surface area contributed by atoms with Gasteiger partial charge in [0.05, 0.1) is 20.6 Å². The third kappa shape index (κ3) is 6.57. The number of carbonyl (C=O) groups excluding carboxylic acids is 1. The van der Waals surface area contributed by atoms with Crippen molar-refractivity contribution >= 4 is 16.6 Å². The molecule has 0 spiro atoms. The Morgan fingerprint density at radius 1 is 1.00 bits per heavy atom. The first-order valence-corrected chi connectivity index (χ1v) is 8.97. The molecule has 0 N–H and O–H groups in total. The van der Waals surface area contributed by atoms with Gasteiger partial charge in [-0.25, -0.2) is 0 Å². The second-order valence-corrected chi connectivity index (χ2v) is 7.05. The van der Waals surface area contributed by atoms with Crippen LogP contribution in [0.2, 0.25) is 0 Å². The fourth-order valence-electron chi connectivity index (χ4n) is 2.78. The van der Waals surface area contributed by atoms with Gasteiger partial charge < -0.3 is 21.5 Å². The Kier molecular flexibility index (Phi) is 9.01. The molecule has 0 atom stereocenters. The summed E-state index contributed by atoms with van der Waals surface area (Å²) in [6.07, 6.45) is 0. The Morgan fingerprint density at radius 3 is 2.31 bits per heavy atom. The second kappa shape index (κ2) is 10.5. The highest BCUT2D eigenvalue weighted by Gasteiger charge is 2.20. The Labute approximate surface area is 168 Å². The van der Waals surface area contributed by atoms with Gasteiger partial charge in [-0.05, 0) is 35.8 Å². The lowest BCUT2D eigenvalue weighted by atomic mass is 10.0. The number of nitrogens with zero attached hydrogens (tertiary/aromatic N) is 2. The highest BCUT2D eigenvalue weighted by Crippen LogP contribution is 2.16. The molecule has 4 heteroatoms. The summed E-state index contributed by atoms with van der Waals surface area (Å²) >= 11 is 0. The molecule has 2 rings (SSSR count). The molecule has 0 radical (unpaired) electrons. The number of hydrogen-bond acceptors (Lipinski definition) is 2. The molecule has 3 nitrogen and oxygen atoms in total. The minimum Gasteiger partial charge on any atom is -1.00 e. The zero-order valence-corrected chi connectivity index (χ0v) is 17.8. The Balaban J connectivity index is 0.00000338. The molecular formula is C22H29BrN2O. The van der Waals surface area contributed by atoms with Crippen LogP contribution in [0.3, 0.4) is 0 Å². The van der Waals surface area contributed by atoms with E-state index in [1.807, 2.05) is 36.4 Å². The molecule has 0 saturated heterocycles. The van der Waals surface area contributed by atoms with Crippen molar-refractivity contribution in [3.63, 3.8) is 0 Å². The lowest BCUT2D eigenvalue weighted by Crippen LogP contribution is -3.00. The quantitative estimate of drug-likeness (QED) is 0.371. The van der Waals surface area contributed by atoms with Crippen LogP contribution in [0.15, 0.2) is 42.5 Å². The molecule has 0 fully saturated rings. The fourth-order valence-corrected chi connectivity index (χ4v) is 2.78. The van der Waals surface area contributed by atoms with Crippen LogP contribution in [0.1, 0.15) is 24.2 Å². The normalized spacial score (nSPS) is 11.0. The van der Waals surface area contributed by atoms with Gasteiger partial charge in [-0.1, -0.05) is 56.2 Å². The summed E-state index contributed by atoms with van der Waals surface area (Å²) in [5, 5.41) is 2.27. The molecule has 0 aliphatic heterocycles. The van der Waals surface area contributed by atoms with Crippen LogP contribution >= 0.6 is 0 Å². The minimum absolute atomic E-state index is 0. The van der Waals surface area contributed by atoms with Gasteiger partial charge in [-0.3, -0.25) is 9.69 Å². The topological polar surface area (TPSA) is 20.3 Å². The number of rotatable bonds is 7. The van der Waals surface area contributed by atoms with Crippen LogP contribution in [0, 0.1) is 11.8 Å². The van der Waals surface area contributed by atoms with Crippen molar-refractivity contribution in [2.24, 2.45) is 0 Å². The molecule has 0 aliphatic carbocycles. The van der Waals surface area contributed by atoms with Crippen LogP contribution < -0.4 is 17.0 Å². The molecule has 2 aromatic carbocycles. The number of benzene rings is 2. The lowest BCUT2D eigenvalue weighted by molar-refractivity contribution is -0.874. The molecule has 0 heterocycles. The number of likely N-dealkylation sites (N-methyl/N-ethyl adjacent to an activating group) is 1. The van der Waals surface area contributed by atoms with E-state index in [0.717, 1.165) is 36.0 Å². The average Bonchev–Trinajstić information content (AvgIpc) is 2.61. The number of hydrogen-bond donors (Lipinski definition) is 0. The van der Waals surface area contributed by atoms with Gasteiger partial charge in [0.2, 0.25) is 5.78 Å². The number of ketones is 1. The average molecular weight is 417 g/mol. The molecule has 140 valence electrons. The highest BCUT2D eigenvalue weighted by molar-refractivity contribution is 6.00. The van der Waals surface area contributed by atoms with E-state index >= 15 is 0 Å². The van der Waals surface area contributed by atoms with Crippen LogP contribution in [0.4, 0.5) is 0 Å². The largest absolute Gasteiger partial charge is 1.00 e. The van der Waals surface area contributed by atoms with E-state index in [1.165, 1.54) is 0 Å². The maximum Gasteiger partial charge on any atom is 0.216 e. The predicted molar refractivity (Wildman–Crippen MR) is 106 cm³/mol. The summed E-state index contributed by atoms with van der Waals surface area (Å²) < 4.78 is 0.580. The van der Waals surface area contributed by atoms with Crippen molar-refractivity contribution in [2.75, 3.05) is 46.8 Å². The Morgan fingerprint density at radius 2 is 1.65 bits per heavy atom. The summed E-state index contributed by atoms with van der Waals surface area (Å²) in [5.41, 5.74) is 0.779. The first kappa shape index (κ1) is 22.4. The van der Waals surface area contributed by atoms with Crippen LogP contribution in [0.25, 0.3) is 10.8 Å². The summed E-state index contributed by atoms with van der Waals surface area (Å²) in [6, 6.07) is 14.1. The maximum atomic E-state index is 12.7. The number of halogens is 1. The van der Waals surface area contributed by atoms with Gasteiger partial charge in [0, 0.05) is 5.56 Å². The van der Waals surface area contributed by atoms with E-state index in [2.05, 4.69) is 50.7 Å². The van der Waals surface area contributed by atoms with Gasteiger partial charge in [-0.15, -0.1) is 0 Å². The Bertz CT molecular complexity index is 785. The number of carbonyl (C=O) groups is 1. The van der Waals surface area contributed by atoms with Crippen molar-refractivity contribution in [2.45, 2.75) is 13.8 Å². The molecule has 0 aliphatic rings.